The van der Waals surface area contributed by atoms with Crippen molar-refractivity contribution in [3.05, 3.63) is 48.2 Å². The summed E-state index contributed by atoms with van der Waals surface area (Å²) < 4.78 is 25.0. The summed E-state index contributed by atoms with van der Waals surface area (Å²) in [5.74, 6) is 0.170. The fourth-order valence-electron chi connectivity index (χ4n) is 2.98. The van der Waals surface area contributed by atoms with Crippen molar-refractivity contribution in [3.8, 4) is 22.6 Å². The van der Waals surface area contributed by atoms with Gasteiger partial charge in [-0.2, -0.15) is 0 Å². The molecule has 152 valence electrons. The molecule has 0 amide bonds. The van der Waals surface area contributed by atoms with Gasteiger partial charge in [0.1, 0.15) is 5.82 Å². The Morgan fingerprint density at radius 3 is 2.59 bits per heavy atom. The second kappa shape index (κ2) is 8.19. The largest absolute Gasteiger partial charge is 0.396 e. The molecule has 0 bridgehead atoms. The molecule has 29 heavy (non-hydrogen) atoms. The molecule has 3 aromatic rings. The van der Waals surface area contributed by atoms with Crippen LogP contribution < -0.4 is 0 Å². The molecule has 1 saturated heterocycles. The summed E-state index contributed by atoms with van der Waals surface area (Å²) in [6.07, 6.45) is 2.90. The van der Waals surface area contributed by atoms with Crippen molar-refractivity contribution in [2.24, 2.45) is 5.41 Å². The van der Waals surface area contributed by atoms with Crippen molar-refractivity contribution in [2.75, 3.05) is 26.1 Å². The van der Waals surface area contributed by atoms with Gasteiger partial charge in [0.2, 0.25) is 6.29 Å². The van der Waals surface area contributed by atoms with E-state index < -0.39 is 11.7 Å². The standard InChI is InChI=1S/C20H21FN4O3S/c1-20(9-26)10-27-18(28-11-20)17-24-15(12-3-5-13(21)6-4-12)16(25-17)14-7-8-22-19(23-14)29-2/h3-8,18,26H,9-11H2,1-2H3,(H,24,25). The van der Waals surface area contributed by atoms with Crippen molar-refractivity contribution in [1.29, 1.82) is 0 Å². The van der Waals surface area contributed by atoms with Crippen LogP contribution in [0.15, 0.2) is 41.7 Å². The topological polar surface area (TPSA) is 93.2 Å². The second-order valence-corrected chi connectivity index (χ2v) is 7.98. The molecular weight excluding hydrogens is 395 g/mol. The summed E-state index contributed by atoms with van der Waals surface area (Å²) >= 11 is 1.44. The van der Waals surface area contributed by atoms with E-state index in [1.807, 2.05) is 13.2 Å². The molecule has 0 aliphatic carbocycles. The van der Waals surface area contributed by atoms with E-state index in [9.17, 15) is 9.50 Å². The number of hydrogen-bond acceptors (Lipinski definition) is 7. The number of ether oxygens (including phenoxy) is 2. The maximum Gasteiger partial charge on any atom is 0.217 e. The van der Waals surface area contributed by atoms with E-state index in [4.69, 9.17) is 9.47 Å². The lowest BCUT2D eigenvalue weighted by molar-refractivity contribution is -0.239. The zero-order valence-corrected chi connectivity index (χ0v) is 16.9. The quantitative estimate of drug-likeness (QED) is 0.486. The smallest absolute Gasteiger partial charge is 0.217 e. The molecule has 0 spiro atoms. The van der Waals surface area contributed by atoms with Crippen LogP contribution in [0.5, 0.6) is 0 Å². The number of thioether (sulfide) groups is 1. The number of aliphatic hydroxyl groups excluding tert-OH is 1. The molecule has 7 nitrogen and oxygen atoms in total. The number of H-pyrrole nitrogens is 1. The van der Waals surface area contributed by atoms with Crippen molar-refractivity contribution < 1.29 is 19.0 Å². The lowest BCUT2D eigenvalue weighted by Crippen LogP contribution is -2.39. The molecule has 1 aromatic carbocycles. The Balaban J connectivity index is 1.74. The highest BCUT2D eigenvalue weighted by Crippen LogP contribution is 2.35. The van der Waals surface area contributed by atoms with Gasteiger partial charge in [-0.1, -0.05) is 18.7 Å². The van der Waals surface area contributed by atoms with Gasteiger partial charge < -0.3 is 19.6 Å². The minimum atomic E-state index is -0.690. The molecule has 0 atom stereocenters. The van der Waals surface area contributed by atoms with Crippen LogP contribution in [-0.4, -0.2) is 51.1 Å². The zero-order chi connectivity index (χ0) is 20.4. The SMILES string of the molecule is CSc1nccc(-c2[nH]c(C3OCC(C)(CO)CO3)nc2-c2ccc(F)cc2)n1. The summed E-state index contributed by atoms with van der Waals surface area (Å²) in [5, 5.41) is 10.1. The normalized spacial score (nSPS) is 22.0. The van der Waals surface area contributed by atoms with Gasteiger partial charge in [-0.05, 0) is 36.6 Å². The molecule has 0 radical (unpaired) electrons. The number of nitrogens with one attached hydrogen (secondary N) is 1. The van der Waals surface area contributed by atoms with Crippen LogP contribution in [0.1, 0.15) is 19.0 Å². The van der Waals surface area contributed by atoms with Gasteiger partial charge in [-0.3, -0.25) is 0 Å². The highest BCUT2D eigenvalue weighted by molar-refractivity contribution is 7.98. The lowest BCUT2D eigenvalue weighted by Gasteiger charge is -2.35. The van der Waals surface area contributed by atoms with Crippen LogP contribution in [0.25, 0.3) is 22.6 Å². The number of benzene rings is 1. The second-order valence-electron chi connectivity index (χ2n) is 7.20. The Morgan fingerprint density at radius 2 is 1.93 bits per heavy atom. The average Bonchev–Trinajstić information content (AvgIpc) is 3.20. The van der Waals surface area contributed by atoms with Gasteiger partial charge in [0.05, 0.1) is 36.9 Å². The van der Waals surface area contributed by atoms with Crippen LogP contribution in [0, 0.1) is 11.2 Å². The number of hydrogen-bond donors (Lipinski definition) is 2. The molecule has 0 unspecified atom stereocenters. The first kappa shape index (κ1) is 20.0. The third-order valence-corrected chi connectivity index (χ3v) is 5.25. The summed E-state index contributed by atoms with van der Waals surface area (Å²) in [4.78, 5) is 16.7. The molecule has 0 saturated carbocycles. The lowest BCUT2D eigenvalue weighted by atomic mass is 9.94. The first-order chi connectivity index (χ1) is 14.0. The van der Waals surface area contributed by atoms with Crippen molar-refractivity contribution in [1.82, 2.24) is 19.9 Å². The van der Waals surface area contributed by atoms with Gasteiger partial charge in [0.15, 0.2) is 11.0 Å². The van der Waals surface area contributed by atoms with E-state index in [0.29, 0.717) is 41.3 Å². The molecule has 4 rings (SSSR count). The fourth-order valence-corrected chi connectivity index (χ4v) is 3.33. The minimum Gasteiger partial charge on any atom is -0.396 e. The van der Waals surface area contributed by atoms with E-state index in [0.717, 1.165) is 5.56 Å². The van der Waals surface area contributed by atoms with E-state index in [1.54, 1.807) is 24.4 Å². The van der Waals surface area contributed by atoms with E-state index in [-0.39, 0.29) is 12.4 Å². The Labute approximate surface area is 171 Å². The number of imidazole rings is 1. The van der Waals surface area contributed by atoms with Crippen LogP contribution in [0.3, 0.4) is 0 Å². The van der Waals surface area contributed by atoms with Gasteiger partial charge in [-0.15, -0.1) is 0 Å². The Kier molecular flexibility index (Phi) is 5.64. The van der Waals surface area contributed by atoms with Gasteiger partial charge >= 0.3 is 0 Å². The molecule has 1 fully saturated rings. The molecule has 1 aliphatic heterocycles. The number of aliphatic hydroxyl groups is 1. The summed E-state index contributed by atoms with van der Waals surface area (Å²) in [5.41, 5.74) is 2.26. The highest BCUT2D eigenvalue weighted by Gasteiger charge is 2.34. The monoisotopic (exact) mass is 416 g/mol. The summed E-state index contributed by atoms with van der Waals surface area (Å²) in [6, 6.07) is 7.90. The Hall–Kier alpha value is -2.33. The number of rotatable bonds is 5. The van der Waals surface area contributed by atoms with Crippen LogP contribution in [-0.2, 0) is 9.47 Å². The van der Waals surface area contributed by atoms with Crippen LogP contribution in [0.2, 0.25) is 0 Å². The van der Waals surface area contributed by atoms with E-state index in [2.05, 4.69) is 19.9 Å². The maximum atomic E-state index is 13.4. The van der Waals surface area contributed by atoms with Crippen molar-refractivity contribution in [3.63, 3.8) is 0 Å². The first-order valence-corrected chi connectivity index (χ1v) is 10.3. The molecule has 9 heteroatoms. The fraction of sp³-hybridized carbons (Fsp3) is 0.350. The molecule has 1 aliphatic rings. The first-order valence-electron chi connectivity index (χ1n) is 9.09. The Morgan fingerprint density at radius 1 is 1.21 bits per heavy atom. The predicted octanol–water partition coefficient (Wildman–Crippen LogP) is 3.44. The highest BCUT2D eigenvalue weighted by atomic mass is 32.2. The van der Waals surface area contributed by atoms with Crippen LogP contribution in [0.4, 0.5) is 4.39 Å². The number of halogens is 1. The number of nitrogens with zero attached hydrogens (tertiary/aromatic N) is 3. The van der Waals surface area contributed by atoms with Crippen molar-refractivity contribution in [2.45, 2.75) is 18.4 Å². The number of aromatic nitrogens is 4. The van der Waals surface area contributed by atoms with E-state index in [1.165, 1.54) is 23.9 Å². The zero-order valence-electron chi connectivity index (χ0n) is 16.1. The molecular formula is C20H21FN4O3S. The molecule has 2 N–H and O–H groups in total. The Bertz CT molecular complexity index is 988. The predicted molar refractivity (Wildman–Crippen MR) is 107 cm³/mol. The van der Waals surface area contributed by atoms with E-state index >= 15 is 0 Å². The molecule has 2 aromatic heterocycles. The van der Waals surface area contributed by atoms with Crippen molar-refractivity contribution >= 4 is 11.8 Å². The third kappa shape index (κ3) is 4.18. The van der Waals surface area contributed by atoms with Gasteiger partial charge in [0.25, 0.3) is 0 Å². The molecule has 3 heterocycles. The average molecular weight is 416 g/mol. The summed E-state index contributed by atoms with van der Waals surface area (Å²) in [7, 11) is 0. The third-order valence-electron chi connectivity index (χ3n) is 4.68. The maximum absolute atomic E-state index is 13.4. The summed E-state index contributed by atoms with van der Waals surface area (Å²) in [6.45, 7) is 2.56. The minimum absolute atomic E-state index is 0.0254. The van der Waals surface area contributed by atoms with Gasteiger partial charge in [-0.25, -0.2) is 19.3 Å². The number of aromatic amines is 1. The van der Waals surface area contributed by atoms with Crippen LogP contribution >= 0.6 is 11.8 Å². The van der Waals surface area contributed by atoms with Gasteiger partial charge in [0, 0.05) is 17.2 Å².